The molecule has 2 aromatic carbocycles. The third-order valence-electron chi connectivity index (χ3n) is 3.72. The van der Waals surface area contributed by atoms with Crippen molar-refractivity contribution >= 4 is 27.0 Å². The number of hydrogen-bond donors (Lipinski definition) is 3. The Morgan fingerprint density at radius 2 is 1.74 bits per heavy atom. The summed E-state index contributed by atoms with van der Waals surface area (Å²) < 4.78 is 27.2. The first-order valence-corrected chi connectivity index (χ1v) is 9.98. The van der Waals surface area contributed by atoms with E-state index in [9.17, 15) is 13.2 Å². The van der Waals surface area contributed by atoms with Crippen LogP contribution in [0.2, 0.25) is 0 Å². The molecular formula is C19H22N4O3S. The van der Waals surface area contributed by atoms with Gasteiger partial charge in [-0.05, 0) is 57.2 Å². The molecule has 1 amide bonds. The highest BCUT2D eigenvalue weighted by molar-refractivity contribution is 7.89. The fourth-order valence-electron chi connectivity index (χ4n) is 2.60. The van der Waals surface area contributed by atoms with Crippen molar-refractivity contribution in [3.05, 3.63) is 59.9 Å². The molecule has 27 heavy (non-hydrogen) atoms. The number of para-hydroxylation sites is 2. The number of H-pyrrole nitrogens is 1. The minimum absolute atomic E-state index is 0.117. The Hall–Kier alpha value is -2.71. The van der Waals surface area contributed by atoms with Crippen LogP contribution in [-0.4, -0.2) is 29.8 Å². The Balaban J connectivity index is 1.67. The molecule has 0 spiro atoms. The van der Waals surface area contributed by atoms with E-state index < -0.39 is 15.6 Å². The molecule has 7 nitrogen and oxygen atoms in total. The van der Waals surface area contributed by atoms with E-state index in [1.807, 2.05) is 24.3 Å². The Kier molecular flexibility index (Phi) is 5.03. The Morgan fingerprint density at radius 1 is 1.07 bits per heavy atom. The van der Waals surface area contributed by atoms with Crippen LogP contribution in [0.15, 0.2) is 53.4 Å². The summed E-state index contributed by atoms with van der Waals surface area (Å²) in [7, 11) is -3.63. The van der Waals surface area contributed by atoms with Gasteiger partial charge >= 0.3 is 0 Å². The van der Waals surface area contributed by atoms with Crippen molar-refractivity contribution in [2.24, 2.45) is 0 Å². The van der Waals surface area contributed by atoms with Crippen molar-refractivity contribution in [3.63, 3.8) is 0 Å². The molecule has 1 heterocycles. The number of rotatable bonds is 5. The monoisotopic (exact) mass is 386 g/mol. The molecule has 8 heteroatoms. The molecule has 0 aliphatic heterocycles. The lowest BCUT2D eigenvalue weighted by Crippen LogP contribution is -2.40. The largest absolute Gasteiger partial charge is 0.345 e. The summed E-state index contributed by atoms with van der Waals surface area (Å²) in [5.41, 5.74) is 1.53. The highest BCUT2D eigenvalue weighted by atomic mass is 32.2. The zero-order valence-corrected chi connectivity index (χ0v) is 16.2. The van der Waals surface area contributed by atoms with Gasteiger partial charge in [-0.25, -0.2) is 18.1 Å². The number of nitrogens with one attached hydrogen (secondary N) is 3. The minimum atomic E-state index is -3.63. The predicted octanol–water partition coefficient (Wildman–Crippen LogP) is 2.57. The maximum atomic E-state index is 12.3. The molecule has 0 atom stereocenters. The van der Waals surface area contributed by atoms with Crippen molar-refractivity contribution in [2.45, 2.75) is 37.8 Å². The molecule has 3 aromatic rings. The highest BCUT2D eigenvalue weighted by Crippen LogP contribution is 2.14. The third kappa shape index (κ3) is 4.72. The number of carbonyl (C=O) groups is 1. The lowest BCUT2D eigenvalue weighted by Gasteiger charge is -2.20. The van der Waals surface area contributed by atoms with Gasteiger partial charge in [-0.2, -0.15) is 0 Å². The molecule has 0 saturated carbocycles. The Morgan fingerprint density at radius 3 is 2.37 bits per heavy atom. The van der Waals surface area contributed by atoms with Crippen LogP contribution in [0.4, 0.5) is 0 Å². The maximum Gasteiger partial charge on any atom is 0.251 e. The average molecular weight is 386 g/mol. The molecule has 0 aliphatic rings. The zero-order chi connectivity index (χ0) is 19.7. The first-order chi connectivity index (χ1) is 12.6. The van der Waals surface area contributed by atoms with E-state index in [2.05, 4.69) is 20.0 Å². The van der Waals surface area contributed by atoms with Crippen molar-refractivity contribution < 1.29 is 13.2 Å². The molecule has 0 unspecified atom stereocenters. The van der Waals surface area contributed by atoms with Gasteiger partial charge in [0.1, 0.15) is 5.82 Å². The number of carbonyl (C=O) groups excluding carboxylic acids is 1. The van der Waals surface area contributed by atoms with Gasteiger partial charge in [0, 0.05) is 11.1 Å². The summed E-state index contributed by atoms with van der Waals surface area (Å²) in [6, 6.07) is 13.4. The topological polar surface area (TPSA) is 104 Å². The number of nitrogens with zero attached hydrogens (tertiary/aromatic N) is 1. The van der Waals surface area contributed by atoms with Crippen molar-refractivity contribution in [1.29, 1.82) is 0 Å². The molecule has 3 rings (SSSR count). The molecular weight excluding hydrogens is 364 g/mol. The van der Waals surface area contributed by atoms with Gasteiger partial charge < -0.3 is 10.3 Å². The van der Waals surface area contributed by atoms with E-state index in [0.717, 1.165) is 11.0 Å². The molecule has 0 bridgehead atoms. The normalized spacial score (nSPS) is 12.3. The van der Waals surface area contributed by atoms with Crippen LogP contribution in [0.5, 0.6) is 0 Å². The van der Waals surface area contributed by atoms with Crippen LogP contribution in [-0.2, 0) is 16.6 Å². The first kappa shape index (κ1) is 19.1. The number of aromatic nitrogens is 2. The summed E-state index contributed by atoms with van der Waals surface area (Å²) in [4.78, 5) is 20.0. The molecule has 0 aliphatic carbocycles. The van der Waals surface area contributed by atoms with E-state index in [1.165, 1.54) is 24.3 Å². The van der Waals surface area contributed by atoms with Gasteiger partial charge in [-0.3, -0.25) is 4.79 Å². The standard InChI is InChI=1S/C19H22N4O3S/c1-19(2,3)23-27(25,26)14-10-8-13(9-11-14)18(24)20-12-17-21-15-6-4-5-7-16(15)22-17/h4-11,23H,12H2,1-3H3,(H,20,24)(H,21,22). The zero-order valence-electron chi connectivity index (χ0n) is 15.4. The fraction of sp³-hybridized carbons (Fsp3) is 0.263. The van der Waals surface area contributed by atoms with Crippen molar-refractivity contribution in [1.82, 2.24) is 20.0 Å². The number of imidazole rings is 1. The van der Waals surface area contributed by atoms with Crippen LogP contribution < -0.4 is 10.0 Å². The van der Waals surface area contributed by atoms with Crippen LogP contribution >= 0.6 is 0 Å². The number of benzene rings is 2. The predicted molar refractivity (Wildman–Crippen MR) is 104 cm³/mol. The number of fused-ring (bicyclic) bond motifs is 1. The number of sulfonamides is 1. The van der Waals surface area contributed by atoms with Gasteiger partial charge in [0.15, 0.2) is 0 Å². The molecule has 1 aromatic heterocycles. The highest BCUT2D eigenvalue weighted by Gasteiger charge is 2.22. The van der Waals surface area contributed by atoms with Crippen LogP contribution in [0.25, 0.3) is 11.0 Å². The molecule has 3 N–H and O–H groups in total. The van der Waals surface area contributed by atoms with Gasteiger partial charge in [-0.15, -0.1) is 0 Å². The van der Waals surface area contributed by atoms with E-state index in [4.69, 9.17) is 0 Å². The second kappa shape index (κ2) is 7.13. The van der Waals surface area contributed by atoms with E-state index in [-0.39, 0.29) is 17.3 Å². The lowest BCUT2D eigenvalue weighted by atomic mass is 10.1. The fourth-order valence-corrected chi connectivity index (χ4v) is 4.02. The van der Waals surface area contributed by atoms with E-state index in [0.29, 0.717) is 11.4 Å². The number of aromatic amines is 1. The first-order valence-electron chi connectivity index (χ1n) is 8.50. The second-order valence-corrected chi connectivity index (χ2v) is 8.95. The van der Waals surface area contributed by atoms with E-state index >= 15 is 0 Å². The number of hydrogen-bond acceptors (Lipinski definition) is 4. The quantitative estimate of drug-likeness (QED) is 0.627. The summed E-state index contributed by atoms with van der Waals surface area (Å²) in [6.07, 6.45) is 0. The molecule has 0 radical (unpaired) electrons. The lowest BCUT2D eigenvalue weighted by molar-refractivity contribution is 0.0950. The summed E-state index contributed by atoms with van der Waals surface area (Å²) in [5.74, 6) is 0.348. The minimum Gasteiger partial charge on any atom is -0.345 e. The van der Waals surface area contributed by atoms with Gasteiger partial charge in [0.2, 0.25) is 10.0 Å². The SMILES string of the molecule is CC(C)(C)NS(=O)(=O)c1ccc(C(=O)NCc2nc3ccccc3[nH]2)cc1. The Labute approximate surface area is 158 Å². The molecule has 0 saturated heterocycles. The summed E-state index contributed by atoms with van der Waals surface area (Å²) >= 11 is 0. The van der Waals surface area contributed by atoms with Crippen molar-refractivity contribution in [2.75, 3.05) is 0 Å². The van der Waals surface area contributed by atoms with Gasteiger partial charge in [-0.1, -0.05) is 12.1 Å². The van der Waals surface area contributed by atoms with Gasteiger partial charge in [0.25, 0.3) is 5.91 Å². The maximum absolute atomic E-state index is 12.3. The van der Waals surface area contributed by atoms with E-state index in [1.54, 1.807) is 20.8 Å². The van der Waals surface area contributed by atoms with Gasteiger partial charge in [0.05, 0.1) is 22.5 Å². The van der Waals surface area contributed by atoms with Crippen molar-refractivity contribution in [3.8, 4) is 0 Å². The smallest absolute Gasteiger partial charge is 0.251 e. The van der Waals surface area contributed by atoms with Crippen LogP contribution in [0.3, 0.4) is 0 Å². The van der Waals surface area contributed by atoms with Crippen LogP contribution in [0, 0.1) is 0 Å². The second-order valence-electron chi connectivity index (χ2n) is 7.26. The number of amides is 1. The molecule has 0 fully saturated rings. The molecule has 142 valence electrons. The average Bonchev–Trinajstić information content (AvgIpc) is 3.00. The van der Waals surface area contributed by atoms with Crippen LogP contribution in [0.1, 0.15) is 37.0 Å². The summed E-state index contributed by atoms with van der Waals surface area (Å²) in [6.45, 7) is 5.55. The summed E-state index contributed by atoms with van der Waals surface area (Å²) in [5, 5.41) is 2.77. The Bertz CT molecular complexity index is 1030. The third-order valence-corrected chi connectivity index (χ3v) is 5.50.